The minimum atomic E-state index is -1.02. The summed E-state index contributed by atoms with van der Waals surface area (Å²) in [6.07, 6.45) is 0. The van der Waals surface area contributed by atoms with Gasteiger partial charge in [-0.2, -0.15) is 0 Å². The fourth-order valence-corrected chi connectivity index (χ4v) is 2.32. The number of halogens is 3. The topological polar surface area (TPSA) is 76.7 Å². The largest absolute Gasteiger partial charge is 0.495 e. The van der Waals surface area contributed by atoms with Crippen molar-refractivity contribution in [2.24, 2.45) is 0 Å². The first kappa shape index (κ1) is 19.5. The Morgan fingerprint density at radius 3 is 2.38 bits per heavy atom. The number of nitrogens with one attached hydrogen (secondary N) is 2. The number of hydrogen-bond acceptors (Lipinski definition) is 4. The molecule has 0 aliphatic rings. The molecule has 2 rings (SSSR count). The molecule has 2 aromatic rings. The van der Waals surface area contributed by atoms with Crippen molar-refractivity contribution in [1.29, 1.82) is 0 Å². The number of benzene rings is 2. The third kappa shape index (κ3) is 4.60. The van der Waals surface area contributed by atoms with E-state index in [-0.39, 0.29) is 16.3 Å². The minimum Gasteiger partial charge on any atom is -0.495 e. The fraction of sp³-hybridized carbons (Fsp3) is 0.176. The zero-order valence-corrected chi connectivity index (χ0v) is 14.6. The van der Waals surface area contributed by atoms with E-state index in [0.717, 1.165) is 12.1 Å². The van der Waals surface area contributed by atoms with Crippen molar-refractivity contribution in [1.82, 2.24) is 5.32 Å². The van der Waals surface area contributed by atoms with Gasteiger partial charge in [0.05, 0.1) is 37.0 Å². The van der Waals surface area contributed by atoms with Crippen LogP contribution in [-0.4, -0.2) is 32.6 Å². The van der Waals surface area contributed by atoms with Gasteiger partial charge in [-0.3, -0.25) is 9.59 Å². The van der Waals surface area contributed by atoms with E-state index in [2.05, 4.69) is 10.6 Å². The van der Waals surface area contributed by atoms with Crippen molar-refractivity contribution in [3.63, 3.8) is 0 Å². The van der Waals surface area contributed by atoms with Gasteiger partial charge in [0.15, 0.2) is 0 Å². The SMILES string of the molecule is COc1cc(OC)c(NC(=O)CNC(=O)c2ccc(F)cc2F)cc1Cl. The van der Waals surface area contributed by atoms with E-state index < -0.39 is 30.0 Å². The highest BCUT2D eigenvalue weighted by Gasteiger charge is 2.15. The maximum Gasteiger partial charge on any atom is 0.254 e. The van der Waals surface area contributed by atoms with Crippen molar-refractivity contribution in [3.8, 4) is 11.5 Å². The van der Waals surface area contributed by atoms with Crippen molar-refractivity contribution in [2.75, 3.05) is 26.1 Å². The average molecular weight is 385 g/mol. The normalized spacial score (nSPS) is 10.2. The van der Waals surface area contributed by atoms with Crippen LogP contribution in [0, 0.1) is 11.6 Å². The van der Waals surface area contributed by atoms with Crippen LogP contribution >= 0.6 is 11.6 Å². The Hall–Kier alpha value is -2.87. The molecule has 0 saturated carbocycles. The van der Waals surface area contributed by atoms with Crippen molar-refractivity contribution < 1.29 is 27.8 Å². The lowest BCUT2D eigenvalue weighted by Gasteiger charge is -2.13. The standard InChI is InChI=1S/C17H15ClF2N2O4/c1-25-14-7-15(26-2)13(6-11(14)18)22-16(23)8-21-17(24)10-4-3-9(19)5-12(10)20/h3-7H,8H2,1-2H3,(H,21,24)(H,22,23). The lowest BCUT2D eigenvalue weighted by Crippen LogP contribution is -2.33. The highest BCUT2D eigenvalue weighted by atomic mass is 35.5. The molecule has 2 amide bonds. The molecule has 0 aliphatic carbocycles. The summed E-state index contributed by atoms with van der Waals surface area (Å²) in [5, 5.41) is 5.00. The predicted octanol–water partition coefficient (Wildman–Crippen LogP) is 3.00. The summed E-state index contributed by atoms with van der Waals surface area (Å²) in [5.41, 5.74) is -0.102. The second kappa shape index (κ2) is 8.48. The van der Waals surface area contributed by atoms with E-state index >= 15 is 0 Å². The van der Waals surface area contributed by atoms with Crippen molar-refractivity contribution in [3.05, 3.63) is 52.6 Å². The van der Waals surface area contributed by atoms with Crippen LogP contribution in [0.5, 0.6) is 11.5 Å². The molecule has 0 aromatic heterocycles. The van der Waals surface area contributed by atoms with E-state index in [1.807, 2.05) is 0 Å². The molecule has 138 valence electrons. The molecular weight excluding hydrogens is 370 g/mol. The molecule has 2 N–H and O–H groups in total. The van der Waals surface area contributed by atoms with Crippen LogP contribution in [0.2, 0.25) is 5.02 Å². The molecule has 6 nitrogen and oxygen atoms in total. The van der Waals surface area contributed by atoms with Gasteiger partial charge in [0, 0.05) is 12.1 Å². The first-order chi connectivity index (χ1) is 12.3. The molecule has 9 heteroatoms. The van der Waals surface area contributed by atoms with Gasteiger partial charge < -0.3 is 20.1 Å². The van der Waals surface area contributed by atoms with E-state index in [4.69, 9.17) is 21.1 Å². The van der Waals surface area contributed by atoms with Gasteiger partial charge in [0.25, 0.3) is 5.91 Å². The van der Waals surface area contributed by atoms with Crippen LogP contribution in [0.3, 0.4) is 0 Å². The van der Waals surface area contributed by atoms with Crippen molar-refractivity contribution in [2.45, 2.75) is 0 Å². The van der Waals surface area contributed by atoms with Crippen LogP contribution in [0.15, 0.2) is 30.3 Å². The first-order valence-corrected chi connectivity index (χ1v) is 7.68. The Kier molecular flexibility index (Phi) is 6.35. The van der Waals surface area contributed by atoms with E-state index in [0.29, 0.717) is 17.6 Å². The van der Waals surface area contributed by atoms with Gasteiger partial charge in [-0.15, -0.1) is 0 Å². The number of carbonyl (C=O) groups is 2. The van der Waals surface area contributed by atoms with Crippen LogP contribution in [-0.2, 0) is 4.79 Å². The number of hydrogen-bond donors (Lipinski definition) is 2. The zero-order chi connectivity index (χ0) is 19.3. The summed E-state index contributed by atoms with van der Waals surface area (Å²) in [4.78, 5) is 23.9. The third-order valence-electron chi connectivity index (χ3n) is 3.33. The maximum atomic E-state index is 13.5. The molecule has 0 aliphatic heterocycles. The summed E-state index contributed by atoms with van der Waals surface area (Å²) < 4.78 is 36.6. The molecule has 0 heterocycles. The fourth-order valence-electron chi connectivity index (χ4n) is 2.08. The Labute approximate surface area is 153 Å². The molecule has 0 radical (unpaired) electrons. The lowest BCUT2D eigenvalue weighted by atomic mass is 10.2. The van der Waals surface area contributed by atoms with E-state index in [1.54, 1.807) is 0 Å². The Morgan fingerprint density at radius 1 is 1.08 bits per heavy atom. The summed E-state index contributed by atoms with van der Waals surface area (Å²) in [7, 11) is 2.83. The molecule has 0 unspecified atom stereocenters. The highest BCUT2D eigenvalue weighted by molar-refractivity contribution is 6.32. The van der Waals surface area contributed by atoms with E-state index in [1.165, 1.54) is 26.4 Å². The third-order valence-corrected chi connectivity index (χ3v) is 3.63. The second-order valence-electron chi connectivity index (χ2n) is 5.04. The quantitative estimate of drug-likeness (QED) is 0.802. The summed E-state index contributed by atoms with van der Waals surface area (Å²) in [5.74, 6) is -2.61. The molecule has 0 bridgehead atoms. The number of rotatable bonds is 6. The molecule has 2 aromatic carbocycles. The van der Waals surface area contributed by atoms with Crippen LogP contribution in [0.4, 0.5) is 14.5 Å². The Bertz CT molecular complexity index is 846. The van der Waals surface area contributed by atoms with Crippen molar-refractivity contribution >= 4 is 29.1 Å². The van der Waals surface area contributed by atoms with Crippen LogP contribution < -0.4 is 20.1 Å². The number of anilines is 1. The molecule has 0 saturated heterocycles. The number of amides is 2. The average Bonchev–Trinajstić information content (AvgIpc) is 2.60. The van der Waals surface area contributed by atoms with Gasteiger partial charge in [-0.25, -0.2) is 8.78 Å². The summed E-state index contributed by atoms with van der Waals surface area (Å²) in [6.45, 7) is -0.442. The monoisotopic (exact) mass is 384 g/mol. The lowest BCUT2D eigenvalue weighted by molar-refractivity contribution is -0.115. The zero-order valence-electron chi connectivity index (χ0n) is 13.9. The van der Waals surface area contributed by atoms with Crippen LogP contribution in [0.1, 0.15) is 10.4 Å². The van der Waals surface area contributed by atoms with Gasteiger partial charge in [-0.1, -0.05) is 11.6 Å². The molecule has 26 heavy (non-hydrogen) atoms. The van der Waals surface area contributed by atoms with E-state index in [9.17, 15) is 18.4 Å². The maximum absolute atomic E-state index is 13.5. The summed E-state index contributed by atoms with van der Waals surface area (Å²) in [6, 6.07) is 5.44. The molecule has 0 fully saturated rings. The van der Waals surface area contributed by atoms with Gasteiger partial charge in [0.2, 0.25) is 5.91 Å². The van der Waals surface area contributed by atoms with Crippen LogP contribution in [0.25, 0.3) is 0 Å². The number of ether oxygens (including phenoxy) is 2. The minimum absolute atomic E-state index is 0.251. The Balaban J connectivity index is 2.03. The molecule has 0 atom stereocenters. The second-order valence-corrected chi connectivity index (χ2v) is 5.45. The molecular formula is C17H15ClF2N2O4. The number of carbonyl (C=O) groups excluding carboxylic acids is 2. The highest BCUT2D eigenvalue weighted by Crippen LogP contribution is 2.35. The van der Waals surface area contributed by atoms with Gasteiger partial charge in [-0.05, 0) is 18.2 Å². The number of methoxy groups -OCH3 is 2. The van der Waals surface area contributed by atoms with Gasteiger partial charge in [0.1, 0.15) is 23.1 Å². The summed E-state index contributed by atoms with van der Waals surface area (Å²) >= 11 is 6.01. The molecule has 0 spiro atoms. The predicted molar refractivity (Wildman–Crippen MR) is 91.9 cm³/mol. The van der Waals surface area contributed by atoms with Gasteiger partial charge >= 0.3 is 0 Å². The Morgan fingerprint density at radius 2 is 1.77 bits per heavy atom. The first-order valence-electron chi connectivity index (χ1n) is 7.30. The smallest absolute Gasteiger partial charge is 0.254 e.